The van der Waals surface area contributed by atoms with Crippen LogP contribution in [-0.4, -0.2) is 42.4 Å². The predicted molar refractivity (Wildman–Crippen MR) is 71.3 cm³/mol. The van der Waals surface area contributed by atoms with E-state index in [1.54, 1.807) is 0 Å². The fourth-order valence-electron chi connectivity index (χ4n) is 2.06. The Kier molecular flexibility index (Phi) is 4.83. The molecule has 0 amide bonds. The van der Waals surface area contributed by atoms with Crippen LogP contribution in [0.2, 0.25) is 0 Å². The van der Waals surface area contributed by atoms with Gasteiger partial charge in [0.1, 0.15) is 12.4 Å². The maximum atomic E-state index is 9.54. The number of benzene rings is 1. The zero-order valence-corrected chi connectivity index (χ0v) is 11.4. The summed E-state index contributed by atoms with van der Waals surface area (Å²) in [5.41, 5.74) is 0. The fourth-order valence-corrected chi connectivity index (χ4v) is 2.32. The van der Waals surface area contributed by atoms with Gasteiger partial charge in [-0.05, 0) is 43.7 Å². The molecular weight excluding hydrogens is 282 g/mol. The molecule has 1 saturated heterocycles. The second-order valence-electron chi connectivity index (χ2n) is 4.40. The van der Waals surface area contributed by atoms with E-state index < -0.39 is 0 Å². The Hall–Kier alpha value is -0.580. The van der Waals surface area contributed by atoms with E-state index in [0.29, 0.717) is 6.61 Å². The van der Waals surface area contributed by atoms with Gasteiger partial charge in [0.15, 0.2) is 0 Å². The lowest BCUT2D eigenvalue weighted by atomic mass is 10.1. The van der Waals surface area contributed by atoms with Crippen LogP contribution in [0.4, 0.5) is 0 Å². The van der Waals surface area contributed by atoms with Crippen molar-refractivity contribution in [3.63, 3.8) is 0 Å². The molecule has 1 fully saturated rings. The normalized spacial score (nSPS) is 21.4. The first-order valence-electron chi connectivity index (χ1n) is 6.03. The number of piperidine rings is 1. The van der Waals surface area contributed by atoms with Crippen LogP contribution in [0.3, 0.4) is 0 Å². The summed E-state index contributed by atoms with van der Waals surface area (Å²) in [5.74, 6) is 0.894. The Bertz CT molecular complexity index is 342. The molecule has 94 valence electrons. The summed E-state index contributed by atoms with van der Waals surface area (Å²) in [6.45, 7) is 3.41. The third kappa shape index (κ3) is 4.30. The van der Waals surface area contributed by atoms with Crippen molar-refractivity contribution >= 4 is 15.9 Å². The summed E-state index contributed by atoms with van der Waals surface area (Å²) in [7, 11) is 0. The number of hydrogen-bond acceptors (Lipinski definition) is 3. The highest BCUT2D eigenvalue weighted by molar-refractivity contribution is 9.10. The topological polar surface area (TPSA) is 32.7 Å². The van der Waals surface area contributed by atoms with Crippen LogP contribution < -0.4 is 4.74 Å². The van der Waals surface area contributed by atoms with Gasteiger partial charge < -0.3 is 9.84 Å². The molecule has 1 N–H and O–H groups in total. The van der Waals surface area contributed by atoms with E-state index in [4.69, 9.17) is 4.74 Å². The van der Waals surface area contributed by atoms with Gasteiger partial charge in [-0.2, -0.15) is 0 Å². The molecule has 2 rings (SSSR count). The predicted octanol–water partition coefficient (Wildman–Crippen LogP) is 2.28. The van der Waals surface area contributed by atoms with E-state index in [1.807, 2.05) is 24.3 Å². The van der Waals surface area contributed by atoms with Gasteiger partial charge in [0.25, 0.3) is 0 Å². The molecule has 0 unspecified atom stereocenters. The third-order valence-corrected chi connectivity index (χ3v) is 3.50. The van der Waals surface area contributed by atoms with Crippen molar-refractivity contribution in [1.29, 1.82) is 0 Å². The zero-order chi connectivity index (χ0) is 12.1. The quantitative estimate of drug-likeness (QED) is 0.926. The molecular formula is C13H18BrNO2. The molecule has 4 heteroatoms. The summed E-state index contributed by atoms with van der Waals surface area (Å²) in [5, 5.41) is 9.54. The second-order valence-corrected chi connectivity index (χ2v) is 5.31. The average molecular weight is 300 g/mol. The standard InChI is InChI=1S/C13H18BrNO2/c14-11-3-5-13(6-4-11)17-9-8-15-7-1-2-12(16)10-15/h3-6,12,16H,1-2,7-10H2/t12-/m0/s1. The van der Waals surface area contributed by atoms with Crippen LogP contribution in [-0.2, 0) is 0 Å². The lowest BCUT2D eigenvalue weighted by Gasteiger charge is -2.29. The molecule has 0 saturated carbocycles. The van der Waals surface area contributed by atoms with Gasteiger partial charge in [0.2, 0.25) is 0 Å². The van der Waals surface area contributed by atoms with Crippen LogP contribution in [0.15, 0.2) is 28.7 Å². The SMILES string of the molecule is O[C@H]1CCCN(CCOc2ccc(Br)cc2)C1. The Morgan fingerprint density at radius 2 is 2.12 bits per heavy atom. The maximum absolute atomic E-state index is 9.54. The van der Waals surface area contributed by atoms with Gasteiger partial charge in [0.05, 0.1) is 6.10 Å². The monoisotopic (exact) mass is 299 g/mol. The molecule has 0 spiro atoms. The minimum absolute atomic E-state index is 0.156. The van der Waals surface area contributed by atoms with Crippen LogP contribution in [0.5, 0.6) is 5.75 Å². The lowest BCUT2D eigenvalue weighted by Crippen LogP contribution is -2.40. The van der Waals surface area contributed by atoms with Crippen LogP contribution in [0.1, 0.15) is 12.8 Å². The smallest absolute Gasteiger partial charge is 0.119 e. The van der Waals surface area contributed by atoms with Crippen LogP contribution >= 0.6 is 15.9 Å². The maximum Gasteiger partial charge on any atom is 0.119 e. The van der Waals surface area contributed by atoms with Crippen molar-refractivity contribution < 1.29 is 9.84 Å². The molecule has 0 aromatic heterocycles. The summed E-state index contributed by atoms with van der Waals surface area (Å²) < 4.78 is 6.71. The van der Waals surface area contributed by atoms with Crippen molar-refractivity contribution in [2.45, 2.75) is 18.9 Å². The number of halogens is 1. The first-order chi connectivity index (χ1) is 8.24. The van der Waals surface area contributed by atoms with Gasteiger partial charge in [0, 0.05) is 17.6 Å². The largest absolute Gasteiger partial charge is 0.492 e. The number of β-amino-alcohol motifs (C(OH)–C–C–N with tert-alkyl or cyclic N) is 1. The van der Waals surface area contributed by atoms with E-state index in [0.717, 1.165) is 42.7 Å². The van der Waals surface area contributed by atoms with Crippen molar-refractivity contribution in [2.75, 3.05) is 26.2 Å². The van der Waals surface area contributed by atoms with Crippen molar-refractivity contribution in [2.24, 2.45) is 0 Å². The molecule has 1 aliphatic heterocycles. The van der Waals surface area contributed by atoms with E-state index in [2.05, 4.69) is 20.8 Å². The molecule has 0 bridgehead atoms. The Balaban J connectivity index is 1.70. The molecule has 17 heavy (non-hydrogen) atoms. The molecule has 1 atom stereocenters. The van der Waals surface area contributed by atoms with Gasteiger partial charge in [-0.3, -0.25) is 4.90 Å². The minimum atomic E-state index is -0.156. The third-order valence-electron chi connectivity index (χ3n) is 2.97. The van der Waals surface area contributed by atoms with Gasteiger partial charge in [-0.25, -0.2) is 0 Å². The first kappa shape index (κ1) is 12.9. The molecule has 1 aromatic rings. The molecule has 1 aromatic carbocycles. The number of rotatable bonds is 4. The minimum Gasteiger partial charge on any atom is -0.492 e. The number of hydrogen-bond donors (Lipinski definition) is 1. The summed E-state index contributed by atoms with van der Waals surface area (Å²) in [4.78, 5) is 2.26. The van der Waals surface area contributed by atoms with Crippen molar-refractivity contribution in [1.82, 2.24) is 4.90 Å². The van der Waals surface area contributed by atoms with E-state index in [-0.39, 0.29) is 6.10 Å². The summed E-state index contributed by atoms with van der Waals surface area (Å²) >= 11 is 3.39. The highest BCUT2D eigenvalue weighted by Gasteiger charge is 2.16. The fraction of sp³-hybridized carbons (Fsp3) is 0.538. The Labute approximate surface area is 111 Å². The number of nitrogens with zero attached hydrogens (tertiary/aromatic N) is 1. The molecule has 3 nitrogen and oxygen atoms in total. The van der Waals surface area contributed by atoms with Gasteiger partial charge in [-0.1, -0.05) is 15.9 Å². The van der Waals surface area contributed by atoms with E-state index >= 15 is 0 Å². The molecule has 1 aliphatic rings. The first-order valence-corrected chi connectivity index (χ1v) is 6.82. The number of aliphatic hydroxyl groups is 1. The molecule has 1 heterocycles. The van der Waals surface area contributed by atoms with E-state index in [1.165, 1.54) is 0 Å². The van der Waals surface area contributed by atoms with Gasteiger partial charge in [-0.15, -0.1) is 0 Å². The Morgan fingerprint density at radius 1 is 1.35 bits per heavy atom. The van der Waals surface area contributed by atoms with Gasteiger partial charge >= 0.3 is 0 Å². The number of likely N-dealkylation sites (tertiary alicyclic amines) is 1. The van der Waals surface area contributed by atoms with Crippen molar-refractivity contribution in [3.8, 4) is 5.75 Å². The van der Waals surface area contributed by atoms with Crippen LogP contribution in [0.25, 0.3) is 0 Å². The zero-order valence-electron chi connectivity index (χ0n) is 9.81. The van der Waals surface area contributed by atoms with Crippen molar-refractivity contribution in [3.05, 3.63) is 28.7 Å². The number of aliphatic hydroxyl groups excluding tert-OH is 1. The van der Waals surface area contributed by atoms with E-state index in [9.17, 15) is 5.11 Å². The lowest BCUT2D eigenvalue weighted by molar-refractivity contribution is 0.0633. The average Bonchev–Trinajstić information content (AvgIpc) is 2.32. The highest BCUT2D eigenvalue weighted by atomic mass is 79.9. The second kappa shape index (κ2) is 6.38. The summed E-state index contributed by atoms with van der Waals surface area (Å²) in [6, 6.07) is 7.85. The highest BCUT2D eigenvalue weighted by Crippen LogP contribution is 2.16. The Morgan fingerprint density at radius 3 is 2.82 bits per heavy atom. The molecule has 0 aliphatic carbocycles. The molecule has 0 radical (unpaired) electrons. The summed E-state index contributed by atoms with van der Waals surface area (Å²) in [6.07, 6.45) is 1.86. The van der Waals surface area contributed by atoms with Crippen LogP contribution in [0, 0.1) is 0 Å². The number of ether oxygens (including phenoxy) is 1.